The zero-order valence-corrected chi connectivity index (χ0v) is 15.2. The largest absolute Gasteiger partial charge is 0.364 e. The van der Waals surface area contributed by atoms with E-state index < -0.39 is 0 Å². The van der Waals surface area contributed by atoms with Crippen molar-refractivity contribution in [1.82, 2.24) is 24.6 Å². The number of hydrogen-bond donors (Lipinski definition) is 2. The van der Waals surface area contributed by atoms with Gasteiger partial charge in [-0.2, -0.15) is 10.1 Å². The molecule has 3 aromatic heterocycles. The molecule has 0 radical (unpaired) electrons. The van der Waals surface area contributed by atoms with Crippen LogP contribution in [0.5, 0.6) is 0 Å². The van der Waals surface area contributed by atoms with Crippen molar-refractivity contribution in [2.24, 2.45) is 7.05 Å². The SMILES string of the molecule is C=CC(=O)N1CC[C@@H](Nc2nc(Nc3cnn(C)c3)nc3ccsc23)C1. The summed E-state index contributed by atoms with van der Waals surface area (Å²) in [6.45, 7) is 4.93. The minimum atomic E-state index is -0.0304. The molecule has 26 heavy (non-hydrogen) atoms. The summed E-state index contributed by atoms with van der Waals surface area (Å²) in [7, 11) is 1.86. The maximum Gasteiger partial charge on any atom is 0.246 e. The fourth-order valence-electron chi connectivity index (χ4n) is 3.03. The number of rotatable bonds is 5. The number of aryl methyl sites for hydroxylation is 1. The quantitative estimate of drug-likeness (QED) is 0.672. The first-order valence-corrected chi connectivity index (χ1v) is 9.19. The van der Waals surface area contributed by atoms with Crippen molar-refractivity contribution in [3.63, 3.8) is 0 Å². The first-order valence-electron chi connectivity index (χ1n) is 8.31. The Morgan fingerprint density at radius 1 is 1.46 bits per heavy atom. The normalized spacial score (nSPS) is 16.8. The van der Waals surface area contributed by atoms with E-state index in [9.17, 15) is 4.79 Å². The molecule has 1 saturated heterocycles. The standard InChI is InChI=1S/C17H19N7OS/c1-3-14(25)24-6-4-11(10-24)19-16-15-13(5-7-26-15)21-17(22-16)20-12-8-18-23(2)9-12/h3,5,7-9,11H,1,4,6,10H2,2H3,(H2,19,20,21,22)/t11-/m1/s1. The van der Waals surface area contributed by atoms with Crippen LogP contribution in [-0.2, 0) is 11.8 Å². The Balaban J connectivity index is 1.57. The molecule has 4 heterocycles. The number of carbonyl (C=O) groups excluding carboxylic acids is 1. The zero-order chi connectivity index (χ0) is 18.1. The highest BCUT2D eigenvalue weighted by Crippen LogP contribution is 2.29. The van der Waals surface area contributed by atoms with Crippen LogP contribution in [0.25, 0.3) is 10.2 Å². The van der Waals surface area contributed by atoms with Gasteiger partial charge in [0.1, 0.15) is 5.82 Å². The molecule has 1 aliphatic heterocycles. The molecule has 9 heteroatoms. The van der Waals surface area contributed by atoms with Gasteiger partial charge in [-0.15, -0.1) is 11.3 Å². The van der Waals surface area contributed by atoms with Gasteiger partial charge in [-0.25, -0.2) is 4.98 Å². The Labute approximate surface area is 154 Å². The number of amides is 1. The van der Waals surface area contributed by atoms with Crippen molar-refractivity contribution < 1.29 is 4.79 Å². The summed E-state index contributed by atoms with van der Waals surface area (Å²) in [6.07, 6.45) is 5.83. The Hall–Kier alpha value is -2.94. The second kappa shape index (κ2) is 6.75. The minimum Gasteiger partial charge on any atom is -0.364 e. The van der Waals surface area contributed by atoms with E-state index in [2.05, 4.69) is 32.3 Å². The van der Waals surface area contributed by atoms with E-state index in [4.69, 9.17) is 0 Å². The van der Waals surface area contributed by atoms with Gasteiger partial charge in [0.15, 0.2) is 0 Å². The molecule has 0 saturated carbocycles. The monoisotopic (exact) mass is 369 g/mol. The molecule has 2 N–H and O–H groups in total. The smallest absolute Gasteiger partial charge is 0.246 e. The summed E-state index contributed by atoms with van der Waals surface area (Å²) in [5.41, 5.74) is 1.72. The van der Waals surface area contributed by atoms with Crippen LogP contribution < -0.4 is 10.6 Å². The van der Waals surface area contributed by atoms with Gasteiger partial charge in [-0.05, 0) is 23.9 Å². The molecule has 1 atom stereocenters. The predicted molar refractivity (Wildman–Crippen MR) is 103 cm³/mol. The fraction of sp³-hybridized carbons (Fsp3) is 0.294. The van der Waals surface area contributed by atoms with Crippen molar-refractivity contribution in [2.75, 3.05) is 23.7 Å². The second-order valence-corrected chi connectivity index (χ2v) is 7.09. The number of aromatic nitrogens is 4. The molecule has 0 unspecified atom stereocenters. The molecule has 1 amide bonds. The number of nitrogens with one attached hydrogen (secondary N) is 2. The van der Waals surface area contributed by atoms with Crippen LogP contribution in [0.1, 0.15) is 6.42 Å². The molecule has 0 bridgehead atoms. The van der Waals surface area contributed by atoms with Crippen LogP contribution in [-0.4, -0.2) is 49.7 Å². The van der Waals surface area contributed by atoms with Crippen LogP contribution in [0.3, 0.4) is 0 Å². The summed E-state index contributed by atoms with van der Waals surface area (Å²) in [5, 5.41) is 12.8. The van der Waals surface area contributed by atoms with Crippen LogP contribution in [0.15, 0.2) is 36.5 Å². The number of nitrogens with zero attached hydrogens (tertiary/aromatic N) is 5. The summed E-state index contributed by atoms with van der Waals surface area (Å²) < 4.78 is 2.73. The third-order valence-corrected chi connectivity index (χ3v) is 5.19. The molecular weight excluding hydrogens is 350 g/mol. The minimum absolute atomic E-state index is 0.0304. The molecule has 3 aromatic rings. The summed E-state index contributed by atoms with van der Waals surface area (Å²) in [4.78, 5) is 22.8. The lowest BCUT2D eigenvalue weighted by Gasteiger charge is -2.16. The lowest BCUT2D eigenvalue weighted by molar-refractivity contribution is -0.125. The van der Waals surface area contributed by atoms with Gasteiger partial charge in [-0.3, -0.25) is 9.48 Å². The van der Waals surface area contributed by atoms with Crippen LogP contribution in [0.2, 0.25) is 0 Å². The number of hydrogen-bond acceptors (Lipinski definition) is 7. The molecule has 1 fully saturated rings. The lowest BCUT2D eigenvalue weighted by atomic mass is 10.2. The van der Waals surface area contributed by atoms with Crippen molar-refractivity contribution >= 4 is 44.9 Å². The van der Waals surface area contributed by atoms with Gasteiger partial charge in [0.05, 0.1) is 22.1 Å². The molecule has 8 nitrogen and oxygen atoms in total. The molecular formula is C17H19N7OS. The maximum absolute atomic E-state index is 11.8. The van der Waals surface area contributed by atoms with Gasteiger partial charge < -0.3 is 15.5 Å². The first-order chi connectivity index (χ1) is 12.6. The molecule has 4 rings (SSSR count). The average Bonchev–Trinajstić information content (AvgIpc) is 3.35. The van der Waals surface area contributed by atoms with E-state index in [0.29, 0.717) is 12.5 Å². The number of fused-ring (bicyclic) bond motifs is 1. The summed E-state index contributed by atoms with van der Waals surface area (Å²) >= 11 is 1.60. The maximum atomic E-state index is 11.8. The topological polar surface area (TPSA) is 88.0 Å². The van der Waals surface area contributed by atoms with Crippen LogP contribution >= 0.6 is 11.3 Å². The molecule has 0 spiro atoms. The average molecular weight is 369 g/mol. The zero-order valence-electron chi connectivity index (χ0n) is 14.3. The number of anilines is 3. The highest BCUT2D eigenvalue weighted by atomic mass is 32.1. The second-order valence-electron chi connectivity index (χ2n) is 6.18. The first kappa shape index (κ1) is 16.5. The highest BCUT2D eigenvalue weighted by molar-refractivity contribution is 7.17. The van der Waals surface area contributed by atoms with Crippen molar-refractivity contribution in [2.45, 2.75) is 12.5 Å². The summed E-state index contributed by atoms with van der Waals surface area (Å²) in [6, 6.07) is 2.13. The molecule has 0 aliphatic carbocycles. The Bertz CT molecular complexity index is 963. The van der Waals surface area contributed by atoms with Gasteiger partial charge in [0.25, 0.3) is 0 Å². The number of likely N-dealkylation sites (tertiary alicyclic amines) is 1. The number of carbonyl (C=O) groups is 1. The van der Waals surface area contributed by atoms with Gasteiger partial charge >= 0.3 is 0 Å². The van der Waals surface area contributed by atoms with E-state index in [1.807, 2.05) is 24.7 Å². The van der Waals surface area contributed by atoms with Crippen molar-refractivity contribution in [3.05, 3.63) is 36.5 Å². The molecule has 0 aromatic carbocycles. The molecule has 134 valence electrons. The van der Waals surface area contributed by atoms with Crippen LogP contribution in [0, 0.1) is 0 Å². The molecule has 1 aliphatic rings. The van der Waals surface area contributed by atoms with Crippen molar-refractivity contribution in [3.8, 4) is 0 Å². The third kappa shape index (κ3) is 3.25. The van der Waals surface area contributed by atoms with Gasteiger partial charge in [0.2, 0.25) is 11.9 Å². The summed E-state index contributed by atoms with van der Waals surface area (Å²) in [5.74, 6) is 1.27. The van der Waals surface area contributed by atoms with E-state index in [1.165, 1.54) is 6.08 Å². The van der Waals surface area contributed by atoms with Gasteiger partial charge in [0, 0.05) is 32.4 Å². The fourth-order valence-corrected chi connectivity index (χ4v) is 3.82. The van der Waals surface area contributed by atoms with E-state index >= 15 is 0 Å². The van der Waals surface area contributed by atoms with Crippen molar-refractivity contribution in [1.29, 1.82) is 0 Å². The lowest BCUT2D eigenvalue weighted by Crippen LogP contribution is -2.30. The van der Waals surface area contributed by atoms with E-state index in [0.717, 1.165) is 34.7 Å². The third-order valence-electron chi connectivity index (χ3n) is 4.28. The van der Waals surface area contributed by atoms with Crippen LogP contribution in [0.4, 0.5) is 17.5 Å². The van der Waals surface area contributed by atoms with E-state index in [-0.39, 0.29) is 11.9 Å². The highest BCUT2D eigenvalue weighted by Gasteiger charge is 2.25. The Morgan fingerprint density at radius 3 is 3.12 bits per heavy atom. The Kier molecular flexibility index (Phi) is 4.29. The van der Waals surface area contributed by atoms with E-state index in [1.54, 1.807) is 27.1 Å². The number of thiophene rings is 1. The Morgan fingerprint density at radius 2 is 2.35 bits per heavy atom. The van der Waals surface area contributed by atoms with Gasteiger partial charge in [-0.1, -0.05) is 6.58 Å². The predicted octanol–water partition coefficient (Wildman–Crippen LogP) is 2.37.